The van der Waals surface area contributed by atoms with Gasteiger partial charge in [0, 0.05) is 5.02 Å². The molecule has 0 radical (unpaired) electrons. The van der Waals surface area contributed by atoms with Gasteiger partial charge in [0.05, 0.1) is 24.5 Å². The van der Waals surface area contributed by atoms with Crippen molar-refractivity contribution in [1.29, 1.82) is 0 Å². The molecule has 9 heteroatoms. The maximum Gasteiger partial charge on any atom is 0.206 e. The number of ether oxygens (including phenoxy) is 1. The number of sulfone groups is 2. The first-order chi connectivity index (χ1) is 19.8. The molecule has 5 nitrogen and oxygen atoms in total. The van der Waals surface area contributed by atoms with Crippen molar-refractivity contribution in [3.8, 4) is 5.75 Å². The molecule has 0 N–H and O–H groups in total. The Kier molecular flexibility index (Phi) is 9.48. The van der Waals surface area contributed by atoms with Gasteiger partial charge in [-0.15, -0.1) is 11.6 Å². The monoisotopic (exact) mass is 644 g/mol. The van der Waals surface area contributed by atoms with Gasteiger partial charge in [0.15, 0.2) is 0 Å². The molecule has 0 saturated heterocycles. The Bertz CT molecular complexity index is 1730. The first kappa shape index (κ1) is 32.1. The number of alkyl halides is 1. The minimum absolute atomic E-state index is 0.153. The highest BCUT2D eigenvalue weighted by Crippen LogP contribution is 2.37. The summed E-state index contributed by atoms with van der Waals surface area (Å²) in [5, 5.41) is 0.460. The first-order valence-electron chi connectivity index (χ1n) is 13.7. The van der Waals surface area contributed by atoms with Crippen LogP contribution in [0.4, 0.5) is 0 Å². The van der Waals surface area contributed by atoms with E-state index in [0.717, 1.165) is 24.0 Å². The second-order valence-corrected chi connectivity index (χ2v) is 15.4. The molecule has 0 amide bonds. The third-order valence-electron chi connectivity index (χ3n) is 7.85. The molecular formula is C33H34Cl2O5S2. The maximum atomic E-state index is 13.3. The van der Waals surface area contributed by atoms with E-state index in [4.69, 9.17) is 27.9 Å². The van der Waals surface area contributed by atoms with Crippen LogP contribution in [-0.2, 0) is 30.1 Å². The van der Waals surface area contributed by atoms with Gasteiger partial charge in [-0.25, -0.2) is 16.8 Å². The fourth-order valence-corrected chi connectivity index (χ4v) is 7.52. The molecule has 0 aromatic heterocycles. The number of hydrogen-bond acceptors (Lipinski definition) is 5. The van der Waals surface area contributed by atoms with Crippen molar-refractivity contribution in [3.63, 3.8) is 0 Å². The van der Waals surface area contributed by atoms with E-state index >= 15 is 0 Å². The third kappa shape index (κ3) is 6.40. The van der Waals surface area contributed by atoms with Crippen LogP contribution in [0.15, 0.2) is 117 Å². The fraction of sp³-hybridized carbons (Fsp3) is 0.273. The summed E-state index contributed by atoms with van der Waals surface area (Å²) in [6.07, 6.45) is 2.06. The van der Waals surface area contributed by atoms with Crippen LogP contribution < -0.4 is 4.74 Å². The first-order valence-corrected chi connectivity index (χ1v) is 17.5. The van der Waals surface area contributed by atoms with Crippen molar-refractivity contribution in [2.24, 2.45) is 0 Å². The van der Waals surface area contributed by atoms with E-state index in [1.54, 1.807) is 72.8 Å². The smallest absolute Gasteiger partial charge is 0.206 e. The van der Waals surface area contributed by atoms with Crippen molar-refractivity contribution < 1.29 is 21.6 Å². The highest BCUT2D eigenvalue weighted by Gasteiger charge is 2.29. The Balaban J connectivity index is 1.53. The van der Waals surface area contributed by atoms with Gasteiger partial charge in [-0.05, 0) is 110 Å². The SMILES string of the molecule is CCC(Cl)(CC)c1ccc(S(=O)(=O)c2ccc(OC(C)(CC)c3ccc(S(=O)(=O)c4ccc(Cl)cc4)cc3)cc2)cc1. The van der Waals surface area contributed by atoms with E-state index in [1.165, 1.54) is 24.3 Å². The lowest BCUT2D eigenvalue weighted by molar-refractivity contribution is 0.0825. The summed E-state index contributed by atoms with van der Waals surface area (Å²) in [4.78, 5) is 0.155. The molecule has 0 saturated carbocycles. The van der Waals surface area contributed by atoms with Crippen LogP contribution in [0.5, 0.6) is 5.75 Å². The largest absolute Gasteiger partial charge is 0.483 e. The van der Waals surface area contributed by atoms with Crippen LogP contribution in [-0.4, -0.2) is 16.8 Å². The van der Waals surface area contributed by atoms with Gasteiger partial charge in [-0.3, -0.25) is 0 Å². The second-order valence-electron chi connectivity index (χ2n) is 10.3. The third-order valence-corrected chi connectivity index (χ3v) is 12.4. The molecule has 0 aliphatic heterocycles. The van der Waals surface area contributed by atoms with Gasteiger partial charge in [0.2, 0.25) is 19.7 Å². The van der Waals surface area contributed by atoms with Crippen molar-refractivity contribution in [2.75, 3.05) is 0 Å². The molecule has 222 valence electrons. The van der Waals surface area contributed by atoms with Gasteiger partial charge < -0.3 is 4.74 Å². The summed E-state index contributed by atoms with van der Waals surface area (Å²) in [6.45, 7) is 7.90. The summed E-state index contributed by atoms with van der Waals surface area (Å²) in [5.74, 6) is 0.490. The number of benzene rings is 4. The maximum absolute atomic E-state index is 13.3. The molecule has 0 fully saturated rings. The predicted molar refractivity (Wildman–Crippen MR) is 168 cm³/mol. The van der Waals surface area contributed by atoms with Crippen LogP contribution in [0.25, 0.3) is 0 Å². The van der Waals surface area contributed by atoms with Gasteiger partial charge in [0.25, 0.3) is 0 Å². The molecule has 0 spiro atoms. The molecule has 0 bridgehead atoms. The Morgan fingerprint density at radius 2 is 0.929 bits per heavy atom. The minimum atomic E-state index is -3.74. The zero-order valence-corrected chi connectivity index (χ0v) is 27.1. The molecule has 0 heterocycles. The van der Waals surface area contributed by atoms with Crippen molar-refractivity contribution in [1.82, 2.24) is 0 Å². The van der Waals surface area contributed by atoms with Crippen LogP contribution in [0, 0.1) is 0 Å². The molecule has 4 aromatic rings. The summed E-state index contributed by atoms with van der Waals surface area (Å²) in [5.41, 5.74) is 0.892. The minimum Gasteiger partial charge on any atom is -0.483 e. The fourth-order valence-electron chi connectivity index (χ4n) is 4.75. The average Bonchev–Trinajstić information content (AvgIpc) is 3.01. The highest BCUT2D eigenvalue weighted by atomic mass is 35.5. The van der Waals surface area contributed by atoms with Gasteiger partial charge >= 0.3 is 0 Å². The van der Waals surface area contributed by atoms with Crippen molar-refractivity contribution in [3.05, 3.63) is 113 Å². The normalized spacial score (nSPS) is 13.9. The van der Waals surface area contributed by atoms with Gasteiger partial charge in [0.1, 0.15) is 11.4 Å². The molecule has 0 aliphatic carbocycles. The summed E-state index contributed by atoms with van der Waals surface area (Å²) in [6, 6.07) is 25.7. The molecule has 1 unspecified atom stereocenters. The van der Waals surface area contributed by atoms with Crippen LogP contribution in [0.1, 0.15) is 58.1 Å². The lowest BCUT2D eigenvalue weighted by Crippen LogP contribution is -2.28. The quantitative estimate of drug-likeness (QED) is 0.152. The van der Waals surface area contributed by atoms with Crippen molar-refractivity contribution in [2.45, 2.75) is 77.0 Å². The molecule has 42 heavy (non-hydrogen) atoms. The second kappa shape index (κ2) is 12.4. The Labute approximate surface area is 259 Å². The topological polar surface area (TPSA) is 77.5 Å². The van der Waals surface area contributed by atoms with Gasteiger partial charge in [-0.1, -0.05) is 56.6 Å². The van der Waals surface area contributed by atoms with E-state index in [0.29, 0.717) is 17.2 Å². The standard InChI is InChI=1S/C33H34Cl2O5S2/c1-5-32(4,24-8-16-28(17-9-24)41(36,37)30-20-12-26(34)13-21-30)40-27-14-22-31(23-15-27)42(38,39)29-18-10-25(11-19-29)33(35,6-2)7-3/h8-23H,5-7H2,1-4H3. The summed E-state index contributed by atoms with van der Waals surface area (Å²) >= 11 is 12.6. The number of halogens is 2. The van der Waals surface area contributed by atoms with E-state index in [9.17, 15) is 16.8 Å². The summed E-state index contributed by atoms with van der Waals surface area (Å²) < 4.78 is 59.0. The Hall–Kier alpha value is -2.84. The average molecular weight is 646 g/mol. The lowest BCUT2D eigenvalue weighted by Gasteiger charge is -2.30. The molecule has 4 aromatic carbocycles. The molecule has 4 rings (SSSR count). The molecule has 1 atom stereocenters. The Morgan fingerprint density at radius 1 is 0.571 bits per heavy atom. The highest BCUT2D eigenvalue weighted by molar-refractivity contribution is 7.91. The van der Waals surface area contributed by atoms with Crippen LogP contribution in [0.3, 0.4) is 0 Å². The lowest BCUT2D eigenvalue weighted by atomic mass is 9.93. The Morgan fingerprint density at radius 3 is 1.31 bits per heavy atom. The summed E-state index contributed by atoms with van der Waals surface area (Å²) in [7, 11) is -7.44. The van der Waals surface area contributed by atoms with E-state index in [2.05, 4.69) is 0 Å². The molecule has 0 aliphatic rings. The van der Waals surface area contributed by atoms with Crippen LogP contribution in [0.2, 0.25) is 5.02 Å². The number of rotatable bonds is 11. The van der Waals surface area contributed by atoms with Crippen molar-refractivity contribution >= 4 is 42.9 Å². The van der Waals surface area contributed by atoms with Crippen LogP contribution >= 0.6 is 23.2 Å². The van der Waals surface area contributed by atoms with Gasteiger partial charge in [-0.2, -0.15) is 0 Å². The van der Waals surface area contributed by atoms with E-state index in [1.807, 2.05) is 27.7 Å². The molecular weight excluding hydrogens is 611 g/mol. The zero-order valence-electron chi connectivity index (χ0n) is 24.0. The zero-order chi connectivity index (χ0) is 30.8. The van der Waals surface area contributed by atoms with E-state index < -0.39 is 30.1 Å². The predicted octanol–water partition coefficient (Wildman–Crippen LogP) is 8.96. The van der Waals surface area contributed by atoms with E-state index in [-0.39, 0.29) is 19.6 Å². The number of hydrogen-bond donors (Lipinski definition) is 0.